The average molecular weight is 172 g/mol. The van der Waals surface area contributed by atoms with Crippen LogP contribution >= 0.6 is 11.8 Å². The Kier molecular flexibility index (Phi) is 2.04. The molecule has 6 heteroatoms. The highest BCUT2D eigenvalue weighted by molar-refractivity contribution is 7.98. The number of thioether (sulfide) groups is 1. The molecule has 1 rings (SSSR count). The normalized spacial score (nSPS) is 9.91. The topological polar surface area (TPSA) is 97.8 Å². The molecule has 0 unspecified atom stereocenters. The maximum Gasteiger partial charge on any atom is 0.276 e. The van der Waals surface area contributed by atoms with Crippen LogP contribution in [0.5, 0.6) is 0 Å². The predicted molar refractivity (Wildman–Crippen MR) is 45.5 cm³/mol. The van der Waals surface area contributed by atoms with Crippen LogP contribution in [0.1, 0.15) is 0 Å². The molecule has 0 aliphatic heterocycles. The van der Waals surface area contributed by atoms with E-state index in [1.807, 2.05) is 0 Å². The van der Waals surface area contributed by atoms with Crippen LogP contribution in [-0.2, 0) is 0 Å². The van der Waals surface area contributed by atoms with Crippen molar-refractivity contribution in [2.24, 2.45) is 0 Å². The van der Waals surface area contributed by atoms with E-state index >= 15 is 0 Å². The first-order valence-corrected chi connectivity index (χ1v) is 4.07. The fraction of sp³-hybridized carbons (Fsp3) is 0.200. The van der Waals surface area contributed by atoms with Gasteiger partial charge in [0.25, 0.3) is 5.56 Å². The number of rotatable bonds is 1. The molecule has 5 N–H and O–H groups in total. The first kappa shape index (κ1) is 7.93. The molecule has 5 nitrogen and oxygen atoms in total. The van der Waals surface area contributed by atoms with Crippen molar-refractivity contribution in [3.05, 3.63) is 10.4 Å². The molecule has 0 spiro atoms. The Bertz CT molecular complexity index is 321. The van der Waals surface area contributed by atoms with Crippen molar-refractivity contribution < 1.29 is 0 Å². The highest BCUT2D eigenvalue weighted by Crippen LogP contribution is 2.10. The Morgan fingerprint density at radius 2 is 2.18 bits per heavy atom. The maximum absolute atomic E-state index is 10.9. The molecule has 0 atom stereocenters. The zero-order valence-electron chi connectivity index (χ0n) is 5.92. The number of hydrogen-bond acceptors (Lipinski definition) is 5. The van der Waals surface area contributed by atoms with E-state index in [1.54, 1.807) is 6.26 Å². The van der Waals surface area contributed by atoms with Gasteiger partial charge in [-0.1, -0.05) is 11.8 Å². The van der Waals surface area contributed by atoms with Crippen molar-refractivity contribution in [1.29, 1.82) is 0 Å². The molecule has 1 heterocycles. The molecule has 0 aliphatic rings. The Morgan fingerprint density at radius 1 is 1.55 bits per heavy atom. The molecule has 0 saturated heterocycles. The number of H-pyrrole nitrogens is 1. The molecule has 1 aromatic heterocycles. The van der Waals surface area contributed by atoms with Crippen LogP contribution < -0.4 is 17.0 Å². The zero-order valence-corrected chi connectivity index (χ0v) is 6.73. The fourth-order valence-corrected chi connectivity index (χ4v) is 0.959. The summed E-state index contributed by atoms with van der Waals surface area (Å²) < 4.78 is 0. The van der Waals surface area contributed by atoms with E-state index in [4.69, 9.17) is 11.5 Å². The summed E-state index contributed by atoms with van der Waals surface area (Å²) in [5, 5.41) is 0.474. The van der Waals surface area contributed by atoms with Gasteiger partial charge in [0.15, 0.2) is 11.0 Å². The Morgan fingerprint density at radius 3 is 2.64 bits per heavy atom. The molecular weight excluding hydrogens is 164 g/mol. The molecule has 60 valence electrons. The lowest BCUT2D eigenvalue weighted by Gasteiger charge is -1.99. The quantitative estimate of drug-likeness (QED) is 0.397. The van der Waals surface area contributed by atoms with Crippen molar-refractivity contribution >= 4 is 23.3 Å². The van der Waals surface area contributed by atoms with Gasteiger partial charge in [0.2, 0.25) is 0 Å². The SMILES string of the molecule is CSc1nc(N)c(N)c(=O)[nH]1. The third kappa shape index (κ3) is 1.45. The van der Waals surface area contributed by atoms with Crippen LogP contribution in [0, 0.1) is 0 Å². The Labute approximate surface area is 67.2 Å². The van der Waals surface area contributed by atoms with Gasteiger partial charge in [0.05, 0.1) is 0 Å². The second-order valence-corrected chi connectivity index (χ2v) is 2.67. The van der Waals surface area contributed by atoms with Gasteiger partial charge in [-0.05, 0) is 6.26 Å². The van der Waals surface area contributed by atoms with Gasteiger partial charge < -0.3 is 11.5 Å². The largest absolute Gasteiger partial charge is 0.391 e. The minimum atomic E-state index is -0.387. The molecule has 1 aromatic rings. The molecule has 0 fully saturated rings. The van der Waals surface area contributed by atoms with E-state index < -0.39 is 0 Å². The molecule has 0 saturated carbocycles. The number of nitrogen functional groups attached to an aromatic ring is 2. The third-order valence-corrected chi connectivity index (χ3v) is 1.74. The summed E-state index contributed by atoms with van der Waals surface area (Å²) in [6.07, 6.45) is 1.79. The van der Waals surface area contributed by atoms with E-state index in [-0.39, 0.29) is 17.1 Å². The van der Waals surface area contributed by atoms with Crippen LogP contribution in [0.4, 0.5) is 11.5 Å². The summed E-state index contributed by atoms with van der Waals surface area (Å²) in [5.41, 5.74) is 10.2. The van der Waals surface area contributed by atoms with Gasteiger partial charge in [-0.15, -0.1) is 0 Å². The lowest BCUT2D eigenvalue weighted by Crippen LogP contribution is -2.16. The standard InChI is InChI=1S/C5H8N4OS/c1-11-5-8-3(7)2(6)4(10)9-5/h6H2,1H3,(H3,7,8,9,10). The highest BCUT2D eigenvalue weighted by atomic mass is 32.2. The van der Waals surface area contributed by atoms with Crippen molar-refractivity contribution in [1.82, 2.24) is 9.97 Å². The average Bonchev–Trinajstić information content (AvgIpc) is 1.99. The van der Waals surface area contributed by atoms with Crippen molar-refractivity contribution in [3.63, 3.8) is 0 Å². The fourth-order valence-electron chi connectivity index (χ4n) is 0.575. The lowest BCUT2D eigenvalue weighted by molar-refractivity contribution is 0.953. The summed E-state index contributed by atoms with van der Waals surface area (Å²) in [6, 6.07) is 0. The van der Waals surface area contributed by atoms with E-state index in [0.717, 1.165) is 0 Å². The van der Waals surface area contributed by atoms with E-state index in [9.17, 15) is 4.79 Å². The van der Waals surface area contributed by atoms with Crippen molar-refractivity contribution in [2.75, 3.05) is 17.7 Å². The number of aromatic nitrogens is 2. The van der Waals surface area contributed by atoms with Crippen LogP contribution in [0.3, 0.4) is 0 Å². The van der Waals surface area contributed by atoms with E-state index in [2.05, 4.69) is 9.97 Å². The van der Waals surface area contributed by atoms with Crippen LogP contribution in [0.2, 0.25) is 0 Å². The lowest BCUT2D eigenvalue weighted by atomic mass is 10.5. The van der Waals surface area contributed by atoms with Crippen molar-refractivity contribution in [2.45, 2.75) is 5.16 Å². The van der Waals surface area contributed by atoms with Crippen molar-refractivity contribution in [3.8, 4) is 0 Å². The summed E-state index contributed by atoms with van der Waals surface area (Å²) >= 11 is 1.30. The number of aromatic amines is 1. The number of anilines is 2. The number of hydrogen-bond donors (Lipinski definition) is 3. The first-order valence-electron chi connectivity index (χ1n) is 2.84. The maximum atomic E-state index is 10.9. The van der Waals surface area contributed by atoms with Crippen LogP contribution in [-0.4, -0.2) is 16.2 Å². The molecule has 0 amide bonds. The summed E-state index contributed by atoms with van der Waals surface area (Å²) in [5.74, 6) is 0.0816. The van der Waals surface area contributed by atoms with Gasteiger partial charge in [0.1, 0.15) is 5.69 Å². The van der Waals surface area contributed by atoms with E-state index in [0.29, 0.717) is 5.16 Å². The van der Waals surface area contributed by atoms with Gasteiger partial charge in [-0.2, -0.15) is 0 Å². The molecule has 0 bridgehead atoms. The van der Waals surface area contributed by atoms with Gasteiger partial charge in [0, 0.05) is 0 Å². The zero-order chi connectivity index (χ0) is 8.43. The molecule has 11 heavy (non-hydrogen) atoms. The minimum Gasteiger partial charge on any atom is -0.391 e. The third-order valence-electron chi connectivity index (χ3n) is 1.16. The van der Waals surface area contributed by atoms with Crippen LogP contribution in [0.25, 0.3) is 0 Å². The predicted octanol–water partition coefficient (Wildman–Crippen LogP) is -0.344. The molecule has 0 aliphatic carbocycles. The monoisotopic (exact) mass is 172 g/mol. The van der Waals surface area contributed by atoms with E-state index in [1.165, 1.54) is 11.8 Å². The molecular formula is C5H8N4OS. The van der Waals surface area contributed by atoms with Gasteiger partial charge >= 0.3 is 0 Å². The summed E-state index contributed by atoms with van der Waals surface area (Å²) in [6.45, 7) is 0. The molecule has 0 aromatic carbocycles. The second-order valence-electron chi connectivity index (χ2n) is 1.87. The number of nitrogens with two attached hydrogens (primary N) is 2. The second kappa shape index (κ2) is 2.83. The summed E-state index contributed by atoms with van der Waals surface area (Å²) in [4.78, 5) is 17.2. The molecule has 0 radical (unpaired) electrons. The first-order chi connectivity index (χ1) is 5.15. The Hall–Kier alpha value is -1.17. The minimum absolute atomic E-state index is 0.0252. The van der Waals surface area contributed by atoms with Gasteiger partial charge in [-0.25, -0.2) is 4.98 Å². The highest BCUT2D eigenvalue weighted by Gasteiger charge is 2.02. The number of nitrogens with one attached hydrogen (secondary N) is 1. The summed E-state index contributed by atoms with van der Waals surface area (Å²) in [7, 11) is 0. The Balaban J connectivity index is 3.32. The van der Waals surface area contributed by atoms with Gasteiger partial charge in [-0.3, -0.25) is 9.78 Å². The number of nitrogens with zero attached hydrogens (tertiary/aromatic N) is 1. The van der Waals surface area contributed by atoms with Crippen LogP contribution in [0.15, 0.2) is 9.95 Å². The smallest absolute Gasteiger partial charge is 0.276 e.